The Morgan fingerprint density at radius 3 is 2.32 bits per heavy atom. The van der Waals surface area contributed by atoms with Gasteiger partial charge in [0.25, 0.3) is 0 Å². The summed E-state index contributed by atoms with van der Waals surface area (Å²) in [7, 11) is 0. The molecule has 3 nitrogen and oxygen atoms in total. The van der Waals surface area contributed by atoms with E-state index in [0.717, 1.165) is 50.4 Å². The predicted molar refractivity (Wildman–Crippen MR) is 161 cm³/mol. The van der Waals surface area contributed by atoms with Crippen molar-refractivity contribution in [1.82, 2.24) is 15.0 Å². The SMILES string of the molecule is C=C/C(=C\C=C/C)c1c(-c2ccccc2)[nH]c2cc3ccc(-c4cccc(-c5ccncc5)n4)cc3cc12. The van der Waals surface area contributed by atoms with Crippen LogP contribution >= 0.6 is 0 Å². The Morgan fingerprint density at radius 1 is 0.763 bits per heavy atom. The summed E-state index contributed by atoms with van der Waals surface area (Å²) in [5.74, 6) is 0. The van der Waals surface area contributed by atoms with Gasteiger partial charge in [-0.05, 0) is 71.3 Å². The van der Waals surface area contributed by atoms with Crippen molar-refractivity contribution in [3.8, 4) is 33.8 Å². The molecule has 0 saturated heterocycles. The van der Waals surface area contributed by atoms with Crippen LogP contribution in [0.2, 0.25) is 0 Å². The lowest BCUT2D eigenvalue weighted by Crippen LogP contribution is -1.88. The highest BCUT2D eigenvalue weighted by molar-refractivity contribution is 6.08. The molecule has 38 heavy (non-hydrogen) atoms. The fraction of sp³-hybridized carbons (Fsp3) is 0.0286. The number of fused-ring (bicyclic) bond motifs is 2. The molecule has 0 atom stereocenters. The maximum Gasteiger partial charge on any atom is 0.0710 e. The second-order valence-corrected chi connectivity index (χ2v) is 9.20. The van der Waals surface area contributed by atoms with Gasteiger partial charge in [0.2, 0.25) is 0 Å². The number of hydrogen-bond acceptors (Lipinski definition) is 2. The Bertz CT molecular complexity index is 1820. The van der Waals surface area contributed by atoms with Crippen molar-refractivity contribution < 1.29 is 0 Å². The van der Waals surface area contributed by atoms with Gasteiger partial charge in [0, 0.05) is 40.0 Å². The Labute approximate surface area is 222 Å². The Kier molecular flexibility index (Phi) is 6.25. The topological polar surface area (TPSA) is 41.6 Å². The Morgan fingerprint density at radius 2 is 1.55 bits per heavy atom. The van der Waals surface area contributed by atoms with Crippen LogP contribution in [-0.2, 0) is 0 Å². The highest BCUT2D eigenvalue weighted by Gasteiger charge is 2.16. The van der Waals surface area contributed by atoms with Crippen molar-refractivity contribution in [3.05, 3.63) is 140 Å². The Hall–Kier alpha value is -5.02. The van der Waals surface area contributed by atoms with Crippen LogP contribution < -0.4 is 0 Å². The lowest BCUT2D eigenvalue weighted by Gasteiger charge is -2.08. The smallest absolute Gasteiger partial charge is 0.0710 e. The summed E-state index contributed by atoms with van der Waals surface area (Å²) in [6.07, 6.45) is 11.7. The van der Waals surface area contributed by atoms with Crippen molar-refractivity contribution in [2.75, 3.05) is 0 Å². The molecule has 0 bridgehead atoms. The van der Waals surface area contributed by atoms with Crippen LogP contribution in [0.25, 0.3) is 61.0 Å². The molecule has 0 aliphatic carbocycles. The summed E-state index contributed by atoms with van der Waals surface area (Å²) in [6, 6.07) is 31.7. The molecule has 3 heteroatoms. The average molecular weight is 490 g/mol. The third-order valence-corrected chi connectivity index (χ3v) is 6.82. The van der Waals surface area contributed by atoms with Gasteiger partial charge in [-0.3, -0.25) is 4.98 Å². The lowest BCUT2D eigenvalue weighted by molar-refractivity contribution is 1.29. The van der Waals surface area contributed by atoms with Gasteiger partial charge in [-0.15, -0.1) is 0 Å². The van der Waals surface area contributed by atoms with Crippen molar-refractivity contribution >= 4 is 27.2 Å². The van der Waals surface area contributed by atoms with E-state index < -0.39 is 0 Å². The van der Waals surface area contributed by atoms with E-state index in [0.29, 0.717) is 0 Å². The number of nitrogens with one attached hydrogen (secondary N) is 1. The van der Waals surface area contributed by atoms with Crippen LogP contribution in [0.5, 0.6) is 0 Å². The minimum atomic E-state index is 0.936. The first kappa shape index (κ1) is 23.4. The maximum absolute atomic E-state index is 4.96. The van der Waals surface area contributed by atoms with E-state index in [1.807, 2.05) is 43.3 Å². The number of aromatic amines is 1. The fourth-order valence-electron chi connectivity index (χ4n) is 4.95. The third kappa shape index (κ3) is 4.35. The van der Waals surface area contributed by atoms with Gasteiger partial charge < -0.3 is 4.98 Å². The van der Waals surface area contributed by atoms with E-state index in [1.54, 1.807) is 12.4 Å². The van der Waals surface area contributed by atoms with Crippen LogP contribution in [0.15, 0.2) is 134 Å². The molecule has 1 N–H and O–H groups in total. The van der Waals surface area contributed by atoms with E-state index in [9.17, 15) is 0 Å². The van der Waals surface area contributed by atoms with Crippen LogP contribution in [0.4, 0.5) is 0 Å². The molecular weight excluding hydrogens is 462 g/mol. The van der Waals surface area contributed by atoms with Crippen molar-refractivity contribution in [2.24, 2.45) is 0 Å². The van der Waals surface area contributed by atoms with Crippen molar-refractivity contribution in [1.29, 1.82) is 0 Å². The normalized spacial score (nSPS) is 12.0. The zero-order valence-electron chi connectivity index (χ0n) is 21.2. The number of allylic oxidation sites excluding steroid dienone is 5. The molecule has 0 spiro atoms. The van der Waals surface area contributed by atoms with E-state index in [4.69, 9.17) is 4.98 Å². The standard InChI is InChI=1S/C35H27N3/c1-3-5-10-24(4-2)34-30-22-29-21-28(32-14-9-13-31(37-32)25-17-19-36-20-18-25)16-15-27(29)23-33(30)38-35(34)26-11-7-6-8-12-26/h3-23,38H,2H2,1H3/b5-3-,24-10+. The molecule has 0 fully saturated rings. The number of pyridine rings is 2. The molecule has 6 aromatic rings. The van der Waals surface area contributed by atoms with Gasteiger partial charge >= 0.3 is 0 Å². The second kappa shape index (κ2) is 10.2. The zero-order valence-corrected chi connectivity index (χ0v) is 21.2. The van der Waals surface area contributed by atoms with Crippen molar-refractivity contribution in [3.63, 3.8) is 0 Å². The van der Waals surface area contributed by atoms with E-state index in [1.165, 1.54) is 16.2 Å². The third-order valence-electron chi connectivity index (χ3n) is 6.82. The highest BCUT2D eigenvalue weighted by atomic mass is 14.7. The first-order chi connectivity index (χ1) is 18.7. The van der Waals surface area contributed by atoms with Gasteiger partial charge in [0.05, 0.1) is 17.1 Å². The van der Waals surface area contributed by atoms with Crippen LogP contribution in [0.3, 0.4) is 0 Å². The maximum atomic E-state index is 4.96. The minimum Gasteiger partial charge on any atom is -0.354 e. The Balaban J connectivity index is 1.54. The van der Waals surface area contributed by atoms with Gasteiger partial charge in [-0.1, -0.05) is 79.4 Å². The number of H-pyrrole nitrogens is 1. The number of nitrogens with zero attached hydrogens (tertiary/aromatic N) is 2. The van der Waals surface area contributed by atoms with Gasteiger partial charge in [-0.25, -0.2) is 4.98 Å². The van der Waals surface area contributed by atoms with E-state index in [-0.39, 0.29) is 0 Å². The summed E-state index contributed by atoms with van der Waals surface area (Å²) >= 11 is 0. The van der Waals surface area contributed by atoms with Crippen LogP contribution in [-0.4, -0.2) is 15.0 Å². The first-order valence-electron chi connectivity index (χ1n) is 12.7. The number of aromatic nitrogens is 3. The van der Waals surface area contributed by atoms with Gasteiger partial charge in [0.15, 0.2) is 0 Å². The summed E-state index contributed by atoms with van der Waals surface area (Å²) in [5.41, 5.74) is 9.60. The van der Waals surface area contributed by atoms with E-state index >= 15 is 0 Å². The minimum absolute atomic E-state index is 0.936. The van der Waals surface area contributed by atoms with E-state index in [2.05, 4.69) is 95.4 Å². The monoisotopic (exact) mass is 489 g/mol. The summed E-state index contributed by atoms with van der Waals surface area (Å²) in [5, 5.41) is 3.51. The molecule has 0 aliphatic heterocycles. The molecule has 0 radical (unpaired) electrons. The predicted octanol–water partition coefficient (Wildman–Crippen LogP) is 9.26. The second-order valence-electron chi connectivity index (χ2n) is 9.20. The molecule has 3 aromatic heterocycles. The van der Waals surface area contributed by atoms with Crippen LogP contribution in [0.1, 0.15) is 12.5 Å². The molecule has 0 unspecified atom stereocenters. The summed E-state index contributed by atoms with van der Waals surface area (Å²) in [4.78, 5) is 12.8. The van der Waals surface area contributed by atoms with Gasteiger partial charge in [-0.2, -0.15) is 0 Å². The summed E-state index contributed by atoms with van der Waals surface area (Å²) in [6.45, 7) is 6.16. The van der Waals surface area contributed by atoms with Gasteiger partial charge in [0.1, 0.15) is 0 Å². The lowest BCUT2D eigenvalue weighted by atomic mass is 9.96. The molecule has 0 aliphatic rings. The largest absolute Gasteiger partial charge is 0.354 e. The zero-order chi connectivity index (χ0) is 25.9. The van der Waals surface area contributed by atoms with Crippen molar-refractivity contribution in [2.45, 2.75) is 6.92 Å². The first-order valence-corrected chi connectivity index (χ1v) is 12.7. The van der Waals surface area contributed by atoms with Crippen LogP contribution in [0, 0.1) is 0 Å². The fourth-order valence-corrected chi connectivity index (χ4v) is 4.95. The molecule has 3 aromatic carbocycles. The molecule has 0 saturated carbocycles. The highest BCUT2D eigenvalue weighted by Crippen LogP contribution is 2.38. The quantitative estimate of drug-likeness (QED) is 0.237. The molecule has 3 heterocycles. The molecule has 182 valence electrons. The number of rotatable bonds is 6. The number of benzene rings is 3. The number of hydrogen-bond donors (Lipinski definition) is 1. The molecule has 0 amide bonds. The molecular formula is C35H27N3. The average Bonchev–Trinajstić information content (AvgIpc) is 3.35. The molecule has 6 rings (SSSR count). The summed E-state index contributed by atoms with van der Waals surface area (Å²) < 4.78 is 0.